The van der Waals surface area contributed by atoms with Crippen LogP contribution in [0.1, 0.15) is 43.4 Å². The van der Waals surface area contributed by atoms with Crippen LogP contribution < -0.4 is 10.0 Å². The van der Waals surface area contributed by atoms with E-state index in [0.717, 1.165) is 36.6 Å². The van der Waals surface area contributed by atoms with Gasteiger partial charge in [-0.15, -0.1) is 0 Å². The molecule has 0 spiro atoms. The zero-order chi connectivity index (χ0) is 16.0. The van der Waals surface area contributed by atoms with Gasteiger partial charge in [-0.05, 0) is 46.3 Å². The standard InChI is InChI=1S/C14H27N3O3S/c1-6-15-8-7-9-17(5)21(18,19)16-12(3)14-10-11(2)20-13(14)4/h10,12,15-16H,6-9H2,1-5H3. The van der Waals surface area contributed by atoms with Crippen LogP contribution in [0.2, 0.25) is 0 Å². The van der Waals surface area contributed by atoms with E-state index in [9.17, 15) is 8.42 Å². The van der Waals surface area contributed by atoms with Crippen LogP contribution in [0.15, 0.2) is 10.5 Å². The molecule has 21 heavy (non-hydrogen) atoms. The molecule has 0 aliphatic rings. The molecule has 0 bridgehead atoms. The molecular weight excluding hydrogens is 290 g/mol. The number of hydrogen-bond donors (Lipinski definition) is 2. The van der Waals surface area contributed by atoms with Gasteiger partial charge in [0.1, 0.15) is 11.5 Å². The van der Waals surface area contributed by atoms with Gasteiger partial charge in [-0.3, -0.25) is 0 Å². The normalized spacial score (nSPS) is 13.8. The first-order valence-electron chi connectivity index (χ1n) is 7.29. The molecule has 7 heteroatoms. The van der Waals surface area contributed by atoms with Gasteiger partial charge in [0.15, 0.2) is 0 Å². The Morgan fingerprint density at radius 3 is 2.57 bits per heavy atom. The third-order valence-electron chi connectivity index (χ3n) is 3.36. The van der Waals surface area contributed by atoms with Crippen molar-refractivity contribution >= 4 is 10.2 Å². The lowest BCUT2D eigenvalue weighted by Crippen LogP contribution is -2.40. The molecule has 0 fully saturated rings. The van der Waals surface area contributed by atoms with Gasteiger partial charge >= 0.3 is 0 Å². The monoisotopic (exact) mass is 317 g/mol. The van der Waals surface area contributed by atoms with Crippen LogP contribution in [0.4, 0.5) is 0 Å². The smallest absolute Gasteiger partial charge is 0.279 e. The summed E-state index contributed by atoms with van der Waals surface area (Å²) in [6, 6.07) is 1.55. The maximum Gasteiger partial charge on any atom is 0.279 e. The van der Waals surface area contributed by atoms with Crippen LogP contribution in [-0.4, -0.2) is 39.4 Å². The average Bonchev–Trinajstić information content (AvgIpc) is 2.73. The summed E-state index contributed by atoms with van der Waals surface area (Å²) in [4.78, 5) is 0. The summed E-state index contributed by atoms with van der Waals surface area (Å²) in [5.41, 5.74) is 0.872. The second-order valence-corrected chi connectivity index (χ2v) is 7.05. The summed E-state index contributed by atoms with van der Waals surface area (Å²) in [5, 5.41) is 3.18. The lowest BCUT2D eigenvalue weighted by atomic mass is 10.1. The van der Waals surface area contributed by atoms with Crippen molar-refractivity contribution in [3.05, 3.63) is 23.2 Å². The summed E-state index contributed by atoms with van der Waals surface area (Å²) in [5.74, 6) is 1.53. The van der Waals surface area contributed by atoms with Crippen molar-refractivity contribution in [3.63, 3.8) is 0 Å². The number of rotatable bonds is 9. The number of aryl methyl sites for hydroxylation is 2. The van der Waals surface area contributed by atoms with Crippen molar-refractivity contribution in [2.24, 2.45) is 0 Å². The van der Waals surface area contributed by atoms with Gasteiger partial charge in [0.25, 0.3) is 10.2 Å². The van der Waals surface area contributed by atoms with Crippen LogP contribution in [0.5, 0.6) is 0 Å². The lowest BCUT2D eigenvalue weighted by Gasteiger charge is -2.21. The Kier molecular flexibility index (Phi) is 6.86. The molecule has 1 unspecified atom stereocenters. The number of nitrogens with zero attached hydrogens (tertiary/aromatic N) is 1. The fourth-order valence-corrected chi connectivity index (χ4v) is 3.30. The molecule has 0 saturated heterocycles. The summed E-state index contributed by atoms with van der Waals surface area (Å²) in [6.07, 6.45) is 0.781. The van der Waals surface area contributed by atoms with E-state index in [-0.39, 0.29) is 6.04 Å². The third kappa shape index (κ3) is 5.43. The van der Waals surface area contributed by atoms with Crippen molar-refractivity contribution in [3.8, 4) is 0 Å². The molecule has 0 saturated carbocycles. The fraction of sp³-hybridized carbons (Fsp3) is 0.714. The molecule has 0 radical (unpaired) electrons. The second-order valence-electron chi connectivity index (χ2n) is 5.24. The van der Waals surface area contributed by atoms with Crippen LogP contribution in [0, 0.1) is 13.8 Å². The van der Waals surface area contributed by atoms with E-state index >= 15 is 0 Å². The summed E-state index contributed by atoms with van der Waals surface area (Å²) in [7, 11) is -1.90. The van der Waals surface area contributed by atoms with Gasteiger partial charge in [0.05, 0.1) is 0 Å². The van der Waals surface area contributed by atoms with Crippen LogP contribution >= 0.6 is 0 Å². The van der Waals surface area contributed by atoms with Crippen molar-refractivity contribution in [2.75, 3.05) is 26.7 Å². The van der Waals surface area contributed by atoms with Gasteiger partial charge in [-0.25, -0.2) is 0 Å². The summed E-state index contributed by atoms with van der Waals surface area (Å²) < 4.78 is 34.0. The van der Waals surface area contributed by atoms with E-state index in [2.05, 4.69) is 10.0 Å². The maximum absolute atomic E-state index is 12.3. The van der Waals surface area contributed by atoms with Gasteiger partial charge in [0, 0.05) is 25.2 Å². The topological polar surface area (TPSA) is 74.6 Å². The molecule has 1 atom stereocenters. The Morgan fingerprint density at radius 1 is 1.38 bits per heavy atom. The molecule has 2 N–H and O–H groups in total. The largest absolute Gasteiger partial charge is 0.466 e. The quantitative estimate of drug-likeness (QED) is 0.680. The molecule has 122 valence electrons. The molecule has 6 nitrogen and oxygen atoms in total. The minimum Gasteiger partial charge on any atom is -0.466 e. The van der Waals surface area contributed by atoms with Crippen molar-refractivity contribution in [1.29, 1.82) is 0 Å². The zero-order valence-corrected chi connectivity index (χ0v) is 14.4. The summed E-state index contributed by atoms with van der Waals surface area (Å²) in [6.45, 7) is 9.73. The lowest BCUT2D eigenvalue weighted by molar-refractivity contribution is 0.438. The Hall–Kier alpha value is -0.890. The molecule has 1 heterocycles. The molecule has 1 aromatic rings. The first kappa shape index (κ1) is 18.2. The molecule has 0 aromatic carbocycles. The van der Waals surface area contributed by atoms with E-state index < -0.39 is 10.2 Å². The van der Waals surface area contributed by atoms with Gasteiger partial charge in [-0.1, -0.05) is 6.92 Å². The molecule has 1 aromatic heterocycles. The van der Waals surface area contributed by atoms with Gasteiger partial charge in [-0.2, -0.15) is 17.4 Å². The van der Waals surface area contributed by atoms with Crippen LogP contribution in [0.3, 0.4) is 0 Å². The number of furan rings is 1. The highest BCUT2D eigenvalue weighted by molar-refractivity contribution is 7.87. The highest BCUT2D eigenvalue weighted by Crippen LogP contribution is 2.22. The Balaban J connectivity index is 2.60. The highest BCUT2D eigenvalue weighted by Gasteiger charge is 2.22. The Morgan fingerprint density at radius 2 is 2.05 bits per heavy atom. The van der Waals surface area contributed by atoms with E-state index in [1.54, 1.807) is 7.05 Å². The molecule has 0 aliphatic heterocycles. The van der Waals surface area contributed by atoms with Crippen LogP contribution in [-0.2, 0) is 10.2 Å². The zero-order valence-electron chi connectivity index (χ0n) is 13.6. The van der Waals surface area contributed by atoms with Crippen LogP contribution in [0.25, 0.3) is 0 Å². The van der Waals surface area contributed by atoms with E-state index in [0.29, 0.717) is 6.54 Å². The van der Waals surface area contributed by atoms with Gasteiger partial charge in [0.2, 0.25) is 0 Å². The second kappa shape index (κ2) is 7.93. The fourth-order valence-electron chi connectivity index (χ4n) is 2.18. The van der Waals surface area contributed by atoms with E-state index in [1.807, 2.05) is 33.8 Å². The molecule has 0 aliphatic carbocycles. The molecular formula is C14H27N3O3S. The van der Waals surface area contributed by atoms with Gasteiger partial charge < -0.3 is 9.73 Å². The van der Waals surface area contributed by atoms with Crippen molar-refractivity contribution < 1.29 is 12.8 Å². The SMILES string of the molecule is CCNCCCN(C)S(=O)(=O)NC(C)c1cc(C)oc1C. The average molecular weight is 317 g/mol. The minimum atomic E-state index is -3.49. The Labute approximate surface area is 128 Å². The molecule has 1 rings (SSSR count). The number of nitrogens with one attached hydrogen (secondary N) is 2. The first-order chi connectivity index (χ1) is 9.77. The number of hydrogen-bond acceptors (Lipinski definition) is 4. The molecule has 0 amide bonds. The van der Waals surface area contributed by atoms with Crippen molar-refractivity contribution in [2.45, 2.75) is 40.2 Å². The Bertz CT molecular complexity index is 540. The highest BCUT2D eigenvalue weighted by atomic mass is 32.2. The maximum atomic E-state index is 12.3. The minimum absolute atomic E-state index is 0.316. The van der Waals surface area contributed by atoms with E-state index in [4.69, 9.17) is 4.42 Å². The van der Waals surface area contributed by atoms with Crippen molar-refractivity contribution in [1.82, 2.24) is 14.3 Å². The summed E-state index contributed by atoms with van der Waals surface area (Å²) >= 11 is 0. The van der Waals surface area contributed by atoms with E-state index in [1.165, 1.54) is 4.31 Å². The predicted octanol–water partition coefficient (Wildman–Crippen LogP) is 1.72. The first-order valence-corrected chi connectivity index (χ1v) is 8.73. The predicted molar refractivity (Wildman–Crippen MR) is 84.4 cm³/mol. The third-order valence-corrected chi connectivity index (χ3v) is 5.01.